The number of carbonyl (C=O) groups excluding carboxylic acids is 1. The molecular formula is C13H15F2NO3S. The van der Waals surface area contributed by atoms with Crippen LogP contribution in [0.5, 0.6) is 0 Å². The second kappa shape index (κ2) is 5.57. The molecule has 7 heteroatoms. The average Bonchev–Trinajstić information content (AvgIpc) is 2.72. The van der Waals surface area contributed by atoms with Crippen LogP contribution < -0.4 is 0 Å². The van der Waals surface area contributed by atoms with Crippen molar-refractivity contribution >= 4 is 15.6 Å². The molecule has 0 spiro atoms. The van der Waals surface area contributed by atoms with Gasteiger partial charge in [0.1, 0.15) is 11.6 Å². The second-order valence-electron chi connectivity index (χ2n) is 5.02. The number of carbonyl (C=O) groups is 1. The molecule has 1 unspecified atom stereocenters. The topological polar surface area (TPSA) is 54.5 Å². The van der Waals surface area contributed by atoms with E-state index in [0.29, 0.717) is 6.42 Å². The van der Waals surface area contributed by atoms with Crippen LogP contribution in [0.1, 0.15) is 16.8 Å². The fourth-order valence-electron chi connectivity index (χ4n) is 2.27. The van der Waals surface area contributed by atoms with E-state index in [4.69, 9.17) is 0 Å². The van der Waals surface area contributed by atoms with E-state index < -0.39 is 27.3 Å². The summed E-state index contributed by atoms with van der Waals surface area (Å²) in [5.74, 6) is -1.91. The maximum Gasteiger partial charge on any atom is 0.179 e. The quantitative estimate of drug-likeness (QED) is 0.786. The zero-order valence-corrected chi connectivity index (χ0v) is 11.8. The van der Waals surface area contributed by atoms with Crippen molar-refractivity contribution in [3.63, 3.8) is 0 Å². The minimum Gasteiger partial charge on any atom is -0.295 e. The van der Waals surface area contributed by atoms with Gasteiger partial charge in [0, 0.05) is 6.04 Å². The summed E-state index contributed by atoms with van der Waals surface area (Å²) in [6, 6.07) is 2.46. The number of sulfone groups is 1. The first kappa shape index (κ1) is 15.1. The van der Waals surface area contributed by atoms with Gasteiger partial charge in [-0.25, -0.2) is 17.2 Å². The van der Waals surface area contributed by atoms with Crippen LogP contribution in [0, 0.1) is 11.6 Å². The van der Waals surface area contributed by atoms with E-state index in [0.717, 1.165) is 18.2 Å². The van der Waals surface area contributed by atoms with Gasteiger partial charge in [0.05, 0.1) is 23.6 Å². The van der Waals surface area contributed by atoms with Crippen LogP contribution >= 0.6 is 0 Å². The fourth-order valence-corrected chi connectivity index (χ4v) is 4.08. The number of rotatable bonds is 4. The lowest BCUT2D eigenvalue weighted by atomic mass is 10.1. The molecule has 0 amide bonds. The average molecular weight is 303 g/mol. The number of ketones is 1. The molecule has 1 heterocycles. The summed E-state index contributed by atoms with van der Waals surface area (Å²) in [6.07, 6.45) is 0.456. The zero-order valence-electron chi connectivity index (χ0n) is 11.0. The van der Waals surface area contributed by atoms with Crippen molar-refractivity contribution < 1.29 is 22.0 Å². The first-order valence-electron chi connectivity index (χ1n) is 6.17. The maximum atomic E-state index is 13.5. The number of hydrogen-bond donors (Lipinski definition) is 0. The van der Waals surface area contributed by atoms with E-state index in [1.807, 2.05) is 0 Å². The molecule has 0 saturated carbocycles. The Balaban J connectivity index is 2.06. The van der Waals surface area contributed by atoms with E-state index in [-0.39, 0.29) is 29.7 Å². The van der Waals surface area contributed by atoms with Gasteiger partial charge < -0.3 is 0 Å². The lowest BCUT2D eigenvalue weighted by molar-refractivity contribution is 0.0922. The Morgan fingerprint density at radius 1 is 1.40 bits per heavy atom. The van der Waals surface area contributed by atoms with Crippen molar-refractivity contribution in [3.8, 4) is 0 Å². The molecule has 0 bridgehead atoms. The molecule has 0 N–H and O–H groups in total. The minimum atomic E-state index is -3.04. The van der Waals surface area contributed by atoms with Gasteiger partial charge >= 0.3 is 0 Å². The van der Waals surface area contributed by atoms with E-state index in [1.54, 1.807) is 11.9 Å². The fraction of sp³-hybridized carbons (Fsp3) is 0.462. The summed E-state index contributed by atoms with van der Waals surface area (Å²) in [6.45, 7) is -0.138. The number of halogens is 2. The highest BCUT2D eigenvalue weighted by molar-refractivity contribution is 7.91. The van der Waals surface area contributed by atoms with Crippen molar-refractivity contribution in [1.29, 1.82) is 0 Å². The molecule has 0 aliphatic carbocycles. The maximum absolute atomic E-state index is 13.5. The van der Waals surface area contributed by atoms with Crippen LogP contribution in [0.25, 0.3) is 0 Å². The van der Waals surface area contributed by atoms with E-state index in [1.165, 1.54) is 0 Å². The summed E-state index contributed by atoms with van der Waals surface area (Å²) in [5.41, 5.74) is -0.308. The van der Waals surface area contributed by atoms with Crippen molar-refractivity contribution in [2.45, 2.75) is 12.5 Å². The largest absolute Gasteiger partial charge is 0.295 e. The monoisotopic (exact) mass is 303 g/mol. The highest BCUT2D eigenvalue weighted by atomic mass is 32.2. The van der Waals surface area contributed by atoms with Crippen molar-refractivity contribution in [2.24, 2.45) is 0 Å². The summed E-state index contributed by atoms with van der Waals surface area (Å²) in [5, 5.41) is 0. The van der Waals surface area contributed by atoms with E-state index in [9.17, 15) is 22.0 Å². The highest BCUT2D eigenvalue weighted by Crippen LogP contribution is 2.17. The van der Waals surface area contributed by atoms with Crippen LogP contribution in [0.3, 0.4) is 0 Å². The van der Waals surface area contributed by atoms with Gasteiger partial charge in [-0.05, 0) is 31.7 Å². The Morgan fingerprint density at radius 3 is 2.70 bits per heavy atom. The predicted octanol–water partition coefficient (Wildman–Crippen LogP) is 1.27. The number of Topliss-reactive ketones (excluding diaryl/α,β-unsaturated/α-hetero) is 1. The summed E-state index contributed by atoms with van der Waals surface area (Å²) < 4.78 is 49.3. The van der Waals surface area contributed by atoms with Crippen molar-refractivity contribution in [2.75, 3.05) is 25.1 Å². The van der Waals surface area contributed by atoms with Gasteiger partial charge in [-0.2, -0.15) is 0 Å². The molecule has 4 nitrogen and oxygen atoms in total. The molecule has 20 heavy (non-hydrogen) atoms. The molecule has 1 fully saturated rings. The molecule has 1 aromatic carbocycles. The van der Waals surface area contributed by atoms with Crippen LogP contribution in [-0.2, 0) is 9.84 Å². The summed E-state index contributed by atoms with van der Waals surface area (Å²) in [4.78, 5) is 13.5. The molecule has 1 aliphatic heterocycles. The van der Waals surface area contributed by atoms with Gasteiger partial charge in [-0.3, -0.25) is 9.69 Å². The first-order valence-corrected chi connectivity index (χ1v) is 7.99. The van der Waals surface area contributed by atoms with Crippen LogP contribution in [0.15, 0.2) is 18.2 Å². The van der Waals surface area contributed by atoms with Crippen LogP contribution in [-0.4, -0.2) is 50.2 Å². The molecule has 110 valence electrons. The van der Waals surface area contributed by atoms with Crippen molar-refractivity contribution in [3.05, 3.63) is 35.4 Å². The molecular weight excluding hydrogens is 288 g/mol. The smallest absolute Gasteiger partial charge is 0.179 e. The molecule has 1 atom stereocenters. The Morgan fingerprint density at radius 2 is 2.10 bits per heavy atom. The first-order chi connectivity index (χ1) is 9.28. The Labute approximate surface area is 116 Å². The summed E-state index contributed by atoms with van der Waals surface area (Å²) in [7, 11) is -1.43. The van der Waals surface area contributed by atoms with Crippen LogP contribution in [0.4, 0.5) is 8.78 Å². The molecule has 1 saturated heterocycles. The third-order valence-corrected chi connectivity index (χ3v) is 5.20. The van der Waals surface area contributed by atoms with Gasteiger partial charge in [0.25, 0.3) is 0 Å². The third-order valence-electron chi connectivity index (χ3n) is 3.45. The number of hydrogen-bond acceptors (Lipinski definition) is 4. The molecule has 1 aliphatic rings. The number of nitrogens with zero attached hydrogens (tertiary/aromatic N) is 1. The predicted molar refractivity (Wildman–Crippen MR) is 70.4 cm³/mol. The van der Waals surface area contributed by atoms with Gasteiger partial charge in [-0.15, -0.1) is 0 Å². The standard InChI is InChI=1S/C13H15F2NO3S/c1-16(10-4-5-20(18,19)8-10)7-13(17)11-6-9(14)2-3-12(11)15/h2-3,6,10H,4-5,7-8H2,1H3. The number of benzene rings is 1. The molecule has 0 radical (unpaired) electrons. The van der Waals surface area contributed by atoms with Crippen molar-refractivity contribution in [1.82, 2.24) is 4.90 Å². The van der Waals surface area contributed by atoms with Crippen LogP contribution in [0.2, 0.25) is 0 Å². The zero-order chi connectivity index (χ0) is 14.9. The molecule has 2 rings (SSSR count). The Bertz CT molecular complexity index is 631. The van der Waals surface area contributed by atoms with E-state index in [2.05, 4.69) is 0 Å². The Hall–Kier alpha value is -1.34. The SMILES string of the molecule is CN(CC(=O)c1cc(F)ccc1F)C1CCS(=O)(=O)C1. The summed E-state index contributed by atoms with van der Waals surface area (Å²) >= 11 is 0. The lowest BCUT2D eigenvalue weighted by Crippen LogP contribution is -2.36. The van der Waals surface area contributed by atoms with Gasteiger partial charge in [0.2, 0.25) is 0 Å². The molecule has 1 aromatic rings. The van der Waals surface area contributed by atoms with Gasteiger partial charge in [-0.1, -0.05) is 0 Å². The minimum absolute atomic E-state index is 0.00239. The Kier molecular flexibility index (Phi) is 4.19. The van der Waals surface area contributed by atoms with E-state index >= 15 is 0 Å². The molecule has 0 aromatic heterocycles. The third kappa shape index (κ3) is 3.40. The van der Waals surface area contributed by atoms with Gasteiger partial charge in [0.15, 0.2) is 15.6 Å². The number of likely N-dealkylation sites (N-methyl/N-ethyl adjacent to an activating group) is 1. The lowest BCUT2D eigenvalue weighted by Gasteiger charge is -2.22. The highest BCUT2D eigenvalue weighted by Gasteiger charge is 2.31. The second-order valence-corrected chi connectivity index (χ2v) is 7.25. The normalized spacial score (nSPS) is 21.3.